The highest BCUT2D eigenvalue weighted by Gasteiger charge is 2.46. The molecule has 0 spiro atoms. The maximum Gasteiger partial charge on any atom is 0.516 e. The lowest BCUT2D eigenvalue weighted by Gasteiger charge is -2.09. The van der Waals surface area contributed by atoms with Crippen molar-refractivity contribution in [1.29, 1.82) is 0 Å². The second-order valence-electron chi connectivity index (χ2n) is 11.4. The molecular formula is C31H60F3NO3S. The first-order chi connectivity index (χ1) is 18.7. The summed E-state index contributed by atoms with van der Waals surface area (Å²) in [5, 5.41) is 0. The van der Waals surface area contributed by atoms with E-state index in [1.807, 2.05) is 0 Å². The van der Waals surface area contributed by atoms with Crippen LogP contribution in [0.3, 0.4) is 0 Å². The van der Waals surface area contributed by atoms with Crippen molar-refractivity contribution in [3.8, 4) is 0 Å². The zero-order valence-electron chi connectivity index (χ0n) is 25.1. The minimum Gasteiger partial charge on any atom is -0.274 e. The zero-order chi connectivity index (χ0) is 29.1. The molecule has 0 aliphatic carbocycles. The van der Waals surface area contributed by atoms with Crippen molar-refractivity contribution in [2.45, 2.75) is 192 Å². The fourth-order valence-electron chi connectivity index (χ4n) is 5.04. The van der Waals surface area contributed by atoms with Crippen LogP contribution < -0.4 is 4.72 Å². The lowest BCUT2D eigenvalue weighted by molar-refractivity contribution is -0.120. The third-order valence-corrected chi connectivity index (χ3v) is 8.67. The van der Waals surface area contributed by atoms with E-state index in [0.29, 0.717) is 6.42 Å². The van der Waals surface area contributed by atoms with Crippen LogP contribution >= 0.6 is 0 Å². The fraction of sp³-hybridized carbons (Fsp3) is 0.968. The van der Waals surface area contributed by atoms with Crippen LogP contribution in [0.15, 0.2) is 0 Å². The number of amides is 1. The van der Waals surface area contributed by atoms with Gasteiger partial charge in [0.05, 0.1) is 0 Å². The van der Waals surface area contributed by atoms with Gasteiger partial charge in [-0.25, -0.2) is 4.72 Å². The van der Waals surface area contributed by atoms with Gasteiger partial charge in [-0.3, -0.25) is 4.79 Å². The van der Waals surface area contributed by atoms with Crippen molar-refractivity contribution >= 4 is 15.9 Å². The van der Waals surface area contributed by atoms with Gasteiger partial charge in [-0.1, -0.05) is 174 Å². The molecule has 0 aliphatic rings. The molecule has 0 unspecified atom stereocenters. The molecule has 8 heteroatoms. The van der Waals surface area contributed by atoms with E-state index in [9.17, 15) is 26.4 Å². The predicted octanol–water partition coefficient (Wildman–Crippen LogP) is 10.9. The molecule has 0 aliphatic heterocycles. The first-order valence-corrected chi connectivity index (χ1v) is 17.8. The predicted molar refractivity (Wildman–Crippen MR) is 158 cm³/mol. The number of alkyl halides is 3. The van der Waals surface area contributed by atoms with Gasteiger partial charge in [0.1, 0.15) is 0 Å². The van der Waals surface area contributed by atoms with Crippen LogP contribution in [0, 0.1) is 0 Å². The summed E-state index contributed by atoms with van der Waals surface area (Å²) in [6.45, 7) is 2.28. The number of carbonyl (C=O) groups excluding carboxylic acids is 1. The van der Waals surface area contributed by atoms with Crippen LogP contribution in [-0.2, 0) is 14.8 Å². The summed E-state index contributed by atoms with van der Waals surface area (Å²) in [6.07, 6.45) is 34.4. The van der Waals surface area contributed by atoms with Crippen LogP contribution in [-0.4, -0.2) is 19.8 Å². The number of unbranched alkanes of at least 4 members (excludes halogenated alkanes) is 26. The average molecular weight is 584 g/mol. The van der Waals surface area contributed by atoms with Crippen LogP contribution in [0.25, 0.3) is 0 Å². The van der Waals surface area contributed by atoms with Crippen LogP contribution in [0.5, 0.6) is 0 Å². The van der Waals surface area contributed by atoms with Gasteiger partial charge in [0.25, 0.3) is 0 Å². The third kappa shape index (κ3) is 25.9. The maximum atomic E-state index is 12.2. The van der Waals surface area contributed by atoms with Crippen molar-refractivity contribution < 1.29 is 26.4 Å². The lowest BCUT2D eigenvalue weighted by atomic mass is 10.0. The Morgan fingerprint density at radius 3 is 0.949 bits per heavy atom. The van der Waals surface area contributed by atoms with E-state index in [4.69, 9.17) is 0 Å². The van der Waals surface area contributed by atoms with Gasteiger partial charge in [0, 0.05) is 6.42 Å². The standard InChI is InChI=1S/C31H60F3NO3S/c1-2-3-4-5-6-7-8-9-10-11-12-13-14-15-16-17-18-19-20-21-22-23-24-25-26-27-28-29-30(36)35-39(37,38)31(32,33)34/h2-29H2,1H3,(H,35,36). The normalized spacial score (nSPS) is 12.2. The number of rotatable bonds is 29. The zero-order valence-corrected chi connectivity index (χ0v) is 25.9. The molecule has 0 aromatic carbocycles. The van der Waals surface area contributed by atoms with Crippen molar-refractivity contribution in [2.75, 3.05) is 0 Å². The summed E-state index contributed by atoms with van der Waals surface area (Å²) in [7, 11) is -5.58. The van der Waals surface area contributed by atoms with Gasteiger partial charge < -0.3 is 0 Å². The molecule has 0 radical (unpaired) electrons. The van der Waals surface area contributed by atoms with E-state index in [2.05, 4.69) is 6.92 Å². The highest BCUT2D eigenvalue weighted by atomic mass is 32.2. The van der Waals surface area contributed by atoms with Crippen LogP contribution in [0.2, 0.25) is 0 Å². The highest BCUT2D eigenvalue weighted by Crippen LogP contribution is 2.22. The Hall–Kier alpha value is -0.790. The molecule has 0 atom stereocenters. The highest BCUT2D eigenvalue weighted by molar-refractivity contribution is 7.90. The van der Waals surface area contributed by atoms with Gasteiger partial charge in [-0.2, -0.15) is 21.6 Å². The van der Waals surface area contributed by atoms with E-state index < -0.39 is 21.4 Å². The summed E-state index contributed by atoms with van der Waals surface area (Å²) < 4.78 is 59.4. The topological polar surface area (TPSA) is 63.2 Å². The molecule has 0 saturated heterocycles. The number of sulfonamides is 1. The second-order valence-corrected chi connectivity index (χ2v) is 13.1. The number of hydrogen-bond donors (Lipinski definition) is 1. The first-order valence-electron chi connectivity index (χ1n) is 16.3. The van der Waals surface area contributed by atoms with Crippen molar-refractivity contribution in [3.63, 3.8) is 0 Å². The molecule has 1 amide bonds. The number of nitrogens with one attached hydrogen (secondary N) is 1. The monoisotopic (exact) mass is 583 g/mol. The van der Waals surface area contributed by atoms with E-state index in [1.54, 1.807) is 0 Å². The molecule has 1 N–H and O–H groups in total. The minimum atomic E-state index is -5.58. The van der Waals surface area contributed by atoms with Crippen molar-refractivity contribution in [2.24, 2.45) is 0 Å². The molecule has 0 bridgehead atoms. The van der Waals surface area contributed by atoms with Crippen molar-refractivity contribution in [1.82, 2.24) is 4.72 Å². The summed E-state index contributed by atoms with van der Waals surface area (Å²) in [5.41, 5.74) is -5.45. The molecular weight excluding hydrogens is 523 g/mol. The van der Waals surface area contributed by atoms with E-state index >= 15 is 0 Å². The molecule has 0 aromatic heterocycles. The van der Waals surface area contributed by atoms with Gasteiger partial charge >= 0.3 is 15.5 Å². The Morgan fingerprint density at radius 1 is 0.487 bits per heavy atom. The number of carbonyl (C=O) groups is 1. The van der Waals surface area contributed by atoms with E-state index in [1.165, 1.54) is 141 Å². The lowest BCUT2D eigenvalue weighted by Crippen LogP contribution is -2.40. The Labute approximate surface area is 239 Å². The molecule has 39 heavy (non-hydrogen) atoms. The molecule has 0 saturated carbocycles. The average Bonchev–Trinajstić information content (AvgIpc) is 2.87. The van der Waals surface area contributed by atoms with E-state index in [0.717, 1.165) is 30.4 Å². The van der Waals surface area contributed by atoms with Crippen LogP contribution in [0.4, 0.5) is 13.2 Å². The minimum absolute atomic E-state index is 0.200. The summed E-state index contributed by atoms with van der Waals surface area (Å²) in [4.78, 5) is 11.4. The van der Waals surface area contributed by atoms with Crippen molar-refractivity contribution in [3.05, 3.63) is 0 Å². The first kappa shape index (κ1) is 38.2. The molecule has 4 nitrogen and oxygen atoms in total. The Bertz CT molecular complexity index is 654. The quantitative estimate of drug-likeness (QED) is 0.0891. The summed E-state index contributed by atoms with van der Waals surface area (Å²) in [6, 6.07) is 0. The van der Waals surface area contributed by atoms with Gasteiger partial charge in [0.2, 0.25) is 5.91 Å². The van der Waals surface area contributed by atoms with Crippen LogP contribution in [0.1, 0.15) is 187 Å². The molecule has 0 aromatic rings. The van der Waals surface area contributed by atoms with Gasteiger partial charge in [0.15, 0.2) is 0 Å². The molecule has 0 heterocycles. The van der Waals surface area contributed by atoms with Gasteiger partial charge in [-0.05, 0) is 6.42 Å². The third-order valence-electron chi connectivity index (χ3n) is 7.56. The molecule has 234 valence electrons. The van der Waals surface area contributed by atoms with E-state index in [-0.39, 0.29) is 6.42 Å². The smallest absolute Gasteiger partial charge is 0.274 e. The Kier molecular flexibility index (Phi) is 25.6. The molecule has 0 rings (SSSR count). The summed E-state index contributed by atoms with van der Waals surface area (Å²) >= 11 is 0. The Morgan fingerprint density at radius 2 is 0.718 bits per heavy atom. The summed E-state index contributed by atoms with van der Waals surface area (Å²) in [5.74, 6) is -1.09. The molecule has 0 fully saturated rings. The number of halogens is 3. The fourth-order valence-corrected chi connectivity index (χ4v) is 5.55. The number of hydrogen-bond acceptors (Lipinski definition) is 3. The maximum absolute atomic E-state index is 12.2. The Balaban J connectivity index is 3.22. The largest absolute Gasteiger partial charge is 0.516 e. The van der Waals surface area contributed by atoms with Gasteiger partial charge in [-0.15, -0.1) is 0 Å². The second kappa shape index (κ2) is 26.1. The SMILES string of the molecule is CCCCCCCCCCCCCCCCCCCCCCCCCCCCCC(=O)NS(=O)(=O)C(F)(F)F.